The smallest absolute Gasteiger partial charge is 0.226 e. The highest BCUT2D eigenvalue weighted by Crippen LogP contribution is 2.45. The number of aliphatic hydroxyl groups excluding tert-OH is 1. The zero-order valence-corrected chi connectivity index (χ0v) is 18.4. The van der Waals surface area contributed by atoms with E-state index in [-0.39, 0.29) is 36.2 Å². The molecule has 0 radical (unpaired) electrons. The van der Waals surface area contributed by atoms with E-state index >= 15 is 0 Å². The highest BCUT2D eigenvalue weighted by molar-refractivity contribution is 6.71. The number of aryl methyl sites for hydroxylation is 1. The molecule has 3 rings (SSSR count). The maximum atomic E-state index is 12.2. The van der Waals surface area contributed by atoms with Crippen molar-refractivity contribution in [2.45, 2.75) is 76.3 Å². The minimum Gasteiger partial charge on any atom is -0.432 e. The Labute approximate surface area is 169 Å². The Kier molecular flexibility index (Phi) is 6.97. The lowest BCUT2D eigenvalue weighted by Gasteiger charge is -2.30. The third-order valence-electron chi connectivity index (χ3n) is 6.40. The van der Waals surface area contributed by atoms with Crippen molar-refractivity contribution in [2.75, 3.05) is 18.1 Å². The fourth-order valence-corrected chi connectivity index (χ4v) is 7.73. The molecule has 2 heterocycles. The topological polar surface area (TPSA) is 70.0 Å². The van der Waals surface area contributed by atoms with E-state index in [9.17, 15) is 14.7 Å². The number of benzene rings is 1. The summed E-state index contributed by atoms with van der Waals surface area (Å²) in [6, 6.07) is 8.31. The van der Waals surface area contributed by atoms with E-state index in [4.69, 9.17) is 4.74 Å². The van der Waals surface area contributed by atoms with Crippen molar-refractivity contribution in [3.8, 4) is 0 Å². The molecule has 2 fully saturated rings. The van der Waals surface area contributed by atoms with E-state index in [2.05, 4.69) is 19.1 Å². The van der Waals surface area contributed by atoms with Crippen molar-refractivity contribution in [3.05, 3.63) is 29.8 Å². The molecule has 2 saturated heterocycles. The average molecular weight is 406 g/mol. The van der Waals surface area contributed by atoms with Crippen molar-refractivity contribution < 1.29 is 19.4 Å². The first-order valence-corrected chi connectivity index (χ1v) is 13.7. The van der Waals surface area contributed by atoms with Crippen molar-refractivity contribution in [2.24, 2.45) is 5.92 Å². The SMILES string of the molecule is C[C@H]1[C@H]([Si](C)(C)O)[C@@H](CCO)O[C@H]1CCc1cccc(N2CCCCC2=O)c1. The number of ether oxygens (including phenoxy) is 1. The molecule has 1 amide bonds. The zero-order valence-electron chi connectivity index (χ0n) is 17.4. The van der Waals surface area contributed by atoms with Crippen LogP contribution in [0.5, 0.6) is 0 Å². The van der Waals surface area contributed by atoms with Gasteiger partial charge in [-0.25, -0.2) is 0 Å². The van der Waals surface area contributed by atoms with Crippen LogP contribution in [0.15, 0.2) is 24.3 Å². The van der Waals surface area contributed by atoms with Gasteiger partial charge in [0.15, 0.2) is 8.32 Å². The van der Waals surface area contributed by atoms with Crippen LogP contribution in [-0.2, 0) is 16.0 Å². The standard InChI is InChI=1S/C22H35NO4Si/c1-16-19(27-20(12-14-24)22(16)28(2,3)26)11-10-17-7-6-8-18(15-17)23-13-5-4-9-21(23)25/h6-8,15-16,19-20,22,24,26H,4-5,9-14H2,1-3H3/t16-,19+,20-,22+/m1/s1. The van der Waals surface area contributed by atoms with Gasteiger partial charge in [-0.15, -0.1) is 0 Å². The van der Waals surface area contributed by atoms with E-state index in [1.165, 1.54) is 5.56 Å². The highest BCUT2D eigenvalue weighted by atomic mass is 28.4. The maximum absolute atomic E-state index is 12.2. The Hall–Kier alpha value is -1.21. The minimum atomic E-state index is -2.36. The van der Waals surface area contributed by atoms with Gasteiger partial charge in [-0.05, 0) is 68.8 Å². The molecule has 0 bridgehead atoms. The van der Waals surface area contributed by atoms with Gasteiger partial charge in [0.05, 0.1) is 12.2 Å². The third-order valence-corrected chi connectivity index (χ3v) is 8.92. The van der Waals surface area contributed by atoms with Gasteiger partial charge in [-0.3, -0.25) is 4.79 Å². The molecule has 0 saturated carbocycles. The van der Waals surface area contributed by atoms with Crippen LogP contribution in [0.2, 0.25) is 18.6 Å². The van der Waals surface area contributed by atoms with Crippen molar-refractivity contribution in [1.29, 1.82) is 0 Å². The van der Waals surface area contributed by atoms with Crippen LogP contribution < -0.4 is 4.90 Å². The van der Waals surface area contributed by atoms with Crippen LogP contribution >= 0.6 is 0 Å². The van der Waals surface area contributed by atoms with Gasteiger partial charge in [-0.1, -0.05) is 19.1 Å². The molecule has 4 atom stereocenters. The maximum Gasteiger partial charge on any atom is 0.226 e. The number of carbonyl (C=O) groups is 1. The molecule has 0 unspecified atom stereocenters. The fourth-order valence-electron chi connectivity index (χ4n) is 5.07. The number of rotatable bonds is 7. The number of hydrogen-bond acceptors (Lipinski definition) is 4. The summed E-state index contributed by atoms with van der Waals surface area (Å²) < 4.78 is 6.29. The molecule has 0 aliphatic carbocycles. The first kappa shape index (κ1) is 21.5. The van der Waals surface area contributed by atoms with Crippen LogP contribution in [0, 0.1) is 5.92 Å². The fraction of sp³-hybridized carbons (Fsp3) is 0.682. The minimum absolute atomic E-state index is 0.0472. The lowest BCUT2D eigenvalue weighted by Crippen LogP contribution is -2.40. The quantitative estimate of drug-likeness (QED) is 0.681. The number of nitrogens with zero attached hydrogens (tertiary/aromatic N) is 1. The van der Waals surface area contributed by atoms with E-state index in [0.29, 0.717) is 12.8 Å². The normalized spacial score (nSPS) is 28.8. The van der Waals surface area contributed by atoms with E-state index < -0.39 is 8.32 Å². The molecule has 28 heavy (non-hydrogen) atoms. The van der Waals surface area contributed by atoms with Gasteiger partial charge in [0.1, 0.15) is 0 Å². The van der Waals surface area contributed by atoms with Gasteiger partial charge in [0.25, 0.3) is 0 Å². The first-order valence-electron chi connectivity index (χ1n) is 10.7. The summed E-state index contributed by atoms with van der Waals surface area (Å²) in [5.41, 5.74) is 2.37. The largest absolute Gasteiger partial charge is 0.432 e. The van der Waals surface area contributed by atoms with Crippen LogP contribution in [-0.4, -0.2) is 49.5 Å². The molecule has 5 nitrogen and oxygen atoms in total. The zero-order chi connectivity index (χ0) is 20.3. The predicted octanol–water partition coefficient (Wildman–Crippen LogP) is 3.49. The lowest BCUT2D eigenvalue weighted by molar-refractivity contribution is -0.119. The molecular formula is C22H35NO4Si. The molecule has 1 aromatic carbocycles. The van der Waals surface area contributed by atoms with Crippen molar-refractivity contribution >= 4 is 19.9 Å². The Morgan fingerprint density at radius 1 is 1.21 bits per heavy atom. The Balaban J connectivity index is 1.65. The summed E-state index contributed by atoms with van der Waals surface area (Å²) in [6.07, 6.45) is 5.12. The number of piperidine rings is 1. The summed E-state index contributed by atoms with van der Waals surface area (Å²) in [7, 11) is -2.36. The molecule has 2 N–H and O–H groups in total. The molecule has 2 aliphatic rings. The summed E-state index contributed by atoms with van der Waals surface area (Å²) in [6.45, 7) is 7.04. The van der Waals surface area contributed by atoms with Gasteiger partial charge in [0, 0.05) is 30.8 Å². The molecule has 2 aliphatic heterocycles. The third kappa shape index (κ3) is 4.85. The summed E-state index contributed by atoms with van der Waals surface area (Å²) in [4.78, 5) is 24.9. The molecule has 156 valence electrons. The van der Waals surface area contributed by atoms with E-state index in [1.807, 2.05) is 30.1 Å². The predicted molar refractivity (Wildman–Crippen MR) is 114 cm³/mol. The van der Waals surface area contributed by atoms with Crippen molar-refractivity contribution in [1.82, 2.24) is 0 Å². The molecule has 1 aromatic rings. The number of amides is 1. The first-order chi connectivity index (χ1) is 13.3. The molecular weight excluding hydrogens is 370 g/mol. The molecule has 6 heteroatoms. The summed E-state index contributed by atoms with van der Waals surface area (Å²) in [5, 5.41) is 9.39. The monoisotopic (exact) mass is 405 g/mol. The summed E-state index contributed by atoms with van der Waals surface area (Å²) in [5.74, 6) is 0.510. The number of carbonyl (C=O) groups excluding carboxylic acids is 1. The highest BCUT2D eigenvalue weighted by Gasteiger charge is 2.49. The van der Waals surface area contributed by atoms with Crippen LogP contribution in [0.4, 0.5) is 5.69 Å². The Bertz CT molecular complexity index is 675. The second-order valence-corrected chi connectivity index (χ2v) is 12.9. The van der Waals surface area contributed by atoms with Crippen LogP contribution in [0.25, 0.3) is 0 Å². The van der Waals surface area contributed by atoms with Crippen molar-refractivity contribution in [3.63, 3.8) is 0 Å². The van der Waals surface area contributed by atoms with Gasteiger partial charge in [-0.2, -0.15) is 0 Å². The van der Waals surface area contributed by atoms with Gasteiger partial charge < -0.3 is 19.5 Å². The lowest BCUT2D eigenvalue weighted by atomic mass is 9.95. The average Bonchev–Trinajstić information content (AvgIpc) is 2.96. The number of anilines is 1. The number of aliphatic hydroxyl groups is 1. The van der Waals surface area contributed by atoms with Crippen LogP contribution in [0.1, 0.15) is 44.6 Å². The molecule has 0 aromatic heterocycles. The van der Waals surface area contributed by atoms with E-state index in [0.717, 1.165) is 37.9 Å². The Morgan fingerprint density at radius 2 is 2.00 bits per heavy atom. The Morgan fingerprint density at radius 3 is 2.68 bits per heavy atom. The van der Waals surface area contributed by atoms with Crippen LogP contribution in [0.3, 0.4) is 0 Å². The summed E-state index contributed by atoms with van der Waals surface area (Å²) >= 11 is 0. The second-order valence-electron chi connectivity index (χ2n) is 8.97. The molecule has 0 spiro atoms. The second kappa shape index (κ2) is 9.07. The van der Waals surface area contributed by atoms with Gasteiger partial charge >= 0.3 is 0 Å². The van der Waals surface area contributed by atoms with E-state index in [1.54, 1.807) is 0 Å². The number of hydrogen-bond donors (Lipinski definition) is 2. The van der Waals surface area contributed by atoms with Gasteiger partial charge in [0.2, 0.25) is 5.91 Å².